The summed E-state index contributed by atoms with van der Waals surface area (Å²) in [5.41, 5.74) is 0.570. The molecule has 0 saturated carbocycles. The Morgan fingerprint density at radius 2 is 1.97 bits per heavy atom. The van der Waals surface area contributed by atoms with Crippen molar-refractivity contribution in [2.45, 2.75) is 38.1 Å². The lowest BCUT2D eigenvalue weighted by molar-refractivity contribution is -0.345. The number of aromatic nitrogens is 4. The second-order valence-corrected chi connectivity index (χ2v) is 6.68. The maximum Gasteiger partial charge on any atom is 0.523 e. The number of nitrogens with one attached hydrogen (secondary N) is 1. The molecule has 0 unspecified atom stereocenters. The molecule has 1 fully saturated rings. The quantitative estimate of drug-likeness (QED) is 0.657. The summed E-state index contributed by atoms with van der Waals surface area (Å²) in [4.78, 5) is 36.9. The number of fused-ring (bicyclic) bond motifs is 1. The van der Waals surface area contributed by atoms with Crippen molar-refractivity contribution in [3.05, 3.63) is 48.5 Å². The number of halogens is 3. The van der Waals surface area contributed by atoms with Gasteiger partial charge in [0.25, 0.3) is 5.91 Å². The van der Waals surface area contributed by atoms with Crippen LogP contribution < -0.4 is 5.32 Å². The number of amides is 1. The monoisotopic (exact) mass is 435 g/mol. The van der Waals surface area contributed by atoms with Gasteiger partial charge in [0.1, 0.15) is 12.4 Å². The lowest BCUT2D eigenvalue weighted by atomic mass is 10.1. The molecule has 31 heavy (non-hydrogen) atoms. The minimum absolute atomic E-state index is 0.0576. The molecule has 1 aromatic carbocycles. The highest BCUT2D eigenvalue weighted by Crippen LogP contribution is 2.36. The van der Waals surface area contributed by atoms with E-state index in [1.54, 1.807) is 37.3 Å². The Kier molecular flexibility index (Phi) is 5.41. The second-order valence-electron chi connectivity index (χ2n) is 6.68. The lowest BCUT2D eigenvalue weighted by Crippen LogP contribution is -2.34. The SMILES string of the molecule is CC[C@H]1O[C@@H](n2cnc3c(NC(=O)c4ccccc4)ncnc32)[C@H](OC(F)(F)F)C1=O. The molecule has 12 heteroatoms. The number of ketones is 1. The van der Waals surface area contributed by atoms with E-state index < -0.39 is 36.5 Å². The largest absolute Gasteiger partial charge is 0.523 e. The first-order valence-corrected chi connectivity index (χ1v) is 9.26. The molecule has 2 aromatic heterocycles. The first kappa shape index (κ1) is 20.9. The molecule has 1 N–H and O–H groups in total. The van der Waals surface area contributed by atoms with Crippen LogP contribution in [0.4, 0.5) is 19.0 Å². The van der Waals surface area contributed by atoms with Gasteiger partial charge >= 0.3 is 6.36 Å². The van der Waals surface area contributed by atoms with Crippen LogP contribution in [0.3, 0.4) is 0 Å². The van der Waals surface area contributed by atoms with Crippen LogP contribution in [0, 0.1) is 0 Å². The van der Waals surface area contributed by atoms with E-state index in [2.05, 4.69) is 25.0 Å². The van der Waals surface area contributed by atoms with Gasteiger partial charge in [-0.25, -0.2) is 15.0 Å². The van der Waals surface area contributed by atoms with Crippen molar-refractivity contribution in [1.29, 1.82) is 0 Å². The van der Waals surface area contributed by atoms with Crippen molar-refractivity contribution in [3.63, 3.8) is 0 Å². The highest BCUT2D eigenvalue weighted by Gasteiger charge is 2.50. The number of benzene rings is 1. The molecule has 3 atom stereocenters. The number of Topliss-reactive ketones (excluding diaryl/α,β-unsaturated/α-hetero) is 1. The molecule has 4 rings (SSSR count). The molecule has 162 valence electrons. The number of ether oxygens (including phenoxy) is 2. The van der Waals surface area contributed by atoms with Crippen LogP contribution in [0.1, 0.15) is 29.9 Å². The number of rotatable bonds is 5. The Balaban J connectivity index is 1.68. The fourth-order valence-electron chi connectivity index (χ4n) is 3.30. The molecule has 1 amide bonds. The van der Waals surface area contributed by atoms with Crippen LogP contribution >= 0.6 is 0 Å². The molecule has 3 heterocycles. The van der Waals surface area contributed by atoms with Crippen molar-refractivity contribution >= 4 is 28.7 Å². The van der Waals surface area contributed by atoms with E-state index in [1.807, 2.05) is 0 Å². The Hall–Kier alpha value is -3.38. The summed E-state index contributed by atoms with van der Waals surface area (Å²) >= 11 is 0. The van der Waals surface area contributed by atoms with Gasteiger partial charge in [-0.2, -0.15) is 0 Å². The number of anilines is 1. The molecular formula is C19H16F3N5O4. The first-order chi connectivity index (χ1) is 14.8. The van der Waals surface area contributed by atoms with Gasteiger partial charge in [0.2, 0.25) is 0 Å². The first-order valence-electron chi connectivity index (χ1n) is 9.26. The third-order valence-corrected chi connectivity index (χ3v) is 4.69. The van der Waals surface area contributed by atoms with E-state index in [4.69, 9.17) is 4.74 Å². The molecule has 3 aromatic rings. The molecule has 1 aliphatic heterocycles. The highest BCUT2D eigenvalue weighted by atomic mass is 19.4. The zero-order valence-corrected chi connectivity index (χ0v) is 16.0. The van der Waals surface area contributed by atoms with Crippen LogP contribution in [0.5, 0.6) is 0 Å². The van der Waals surface area contributed by atoms with Gasteiger partial charge < -0.3 is 10.1 Å². The van der Waals surface area contributed by atoms with E-state index in [0.717, 1.165) is 6.33 Å². The van der Waals surface area contributed by atoms with Gasteiger partial charge in [-0.15, -0.1) is 13.2 Å². The van der Waals surface area contributed by atoms with E-state index in [-0.39, 0.29) is 23.4 Å². The van der Waals surface area contributed by atoms with Gasteiger partial charge in [-0.3, -0.25) is 18.9 Å². The number of hydrogen-bond donors (Lipinski definition) is 1. The fraction of sp³-hybridized carbons (Fsp3) is 0.316. The number of imidazole rings is 1. The van der Waals surface area contributed by atoms with Crippen LogP contribution in [0.2, 0.25) is 0 Å². The van der Waals surface area contributed by atoms with Crippen molar-refractivity contribution < 1.29 is 32.2 Å². The van der Waals surface area contributed by atoms with Gasteiger partial charge in [-0.05, 0) is 18.6 Å². The third kappa shape index (κ3) is 4.11. The normalized spacial score (nSPS) is 21.5. The predicted octanol–water partition coefficient (Wildman–Crippen LogP) is 2.86. The predicted molar refractivity (Wildman–Crippen MR) is 99.9 cm³/mol. The average Bonchev–Trinajstić information content (AvgIpc) is 3.30. The maximum atomic E-state index is 12.9. The van der Waals surface area contributed by atoms with Crippen LogP contribution in [0.25, 0.3) is 11.2 Å². The Morgan fingerprint density at radius 1 is 1.23 bits per heavy atom. The van der Waals surface area contributed by atoms with E-state index in [0.29, 0.717) is 5.56 Å². The molecule has 9 nitrogen and oxygen atoms in total. The van der Waals surface area contributed by atoms with Crippen molar-refractivity contribution in [1.82, 2.24) is 19.5 Å². The summed E-state index contributed by atoms with van der Waals surface area (Å²) in [5, 5.41) is 2.60. The third-order valence-electron chi connectivity index (χ3n) is 4.69. The zero-order chi connectivity index (χ0) is 22.2. The van der Waals surface area contributed by atoms with E-state index in [1.165, 1.54) is 10.9 Å². The van der Waals surface area contributed by atoms with Crippen molar-refractivity contribution in [2.24, 2.45) is 0 Å². The average molecular weight is 435 g/mol. The molecule has 1 aliphatic rings. The standard InChI is InChI=1S/C19H16F3N5O4/c1-2-11-13(28)14(31-19(20,21)22)18(30-11)27-9-25-12-15(23-8-24-16(12)27)26-17(29)10-6-4-3-5-7-10/h3-9,11,14,18H,2H2,1H3,(H,23,24,26,29)/t11-,14-,18-/m1/s1. The van der Waals surface area contributed by atoms with Gasteiger partial charge in [0, 0.05) is 5.56 Å². The van der Waals surface area contributed by atoms with Gasteiger partial charge in [-0.1, -0.05) is 25.1 Å². The number of carbonyl (C=O) groups is 2. The minimum atomic E-state index is -5.04. The van der Waals surface area contributed by atoms with Gasteiger partial charge in [0.05, 0.1) is 6.33 Å². The minimum Gasteiger partial charge on any atom is -0.344 e. The fourth-order valence-corrected chi connectivity index (χ4v) is 3.30. The summed E-state index contributed by atoms with van der Waals surface area (Å²) in [6.07, 6.45) is -6.99. The number of nitrogens with zero attached hydrogens (tertiary/aromatic N) is 4. The summed E-state index contributed by atoms with van der Waals surface area (Å²) in [5.74, 6) is -1.22. The van der Waals surface area contributed by atoms with Crippen molar-refractivity contribution in [2.75, 3.05) is 5.32 Å². The molecule has 0 aliphatic carbocycles. The van der Waals surface area contributed by atoms with Crippen LogP contribution in [0.15, 0.2) is 43.0 Å². The summed E-state index contributed by atoms with van der Waals surface area (Å²) < 4.78 is 49.4. The smallest absolute Gasteiger partial charge is 0.344 e. The maximum absolute atomic E-state index is 12.9. The topological polar surface area (TPSA) is 108 Å². The molecule has 1 saturated heterocycles. The van der Waals surface area contributed by atoms with Gasteiger partial charge in [0.15, 0.2) is 35.1 Å². The molecule has 0 radical (unpaired) electrons. The summed E-state index contributed by atoms with van der Waals surface area (Å²) in [6.45, 7) is 1.61. The van der Waals surface area contributed by atoms with Crippen LogP contribution in [-0.4, -0.2) is 49.8 Å². The van der Waals surface area contributed by atoms with E-state index in [9.17, 15) is 22.8 Å². The number of alkyl halides is 3. The number of carbonyl (C=O) groups excluding carboxylic acids is 2. The second kappa shape index (κ2) is 8.04. The lowest BCUT2D eigenvalue weighted by Gasteiger charge is -2.20. The summed E-state index contributed by atoms with van der Waals surface area (Å²) in [7, 11) is 0. The Morgan fingerprint density at radius 3 is 2.65 bits per heavy atom. The van der Waals surface area contributed by atoms with E-state index >= 15 is 0 Å². The number of hydrogen-bond acceptors (Lipinski definition) is 7. The zero-order valence-electron chi connectivity index (χ0n) is 16.0. The molecular weight excluding hydrogens is 419 g/mol. The molecule has 0 bridgehead atoms. The van der Waals surface area contributed by atoms with Crippen LogP contribution in [-0.2, 0) is 14.3 Å². The Labute approximate surface area is 173 Å². The summed E-state index contributed by atoms with van der Waals surface area (Å²) in [6, 6.07) is 8.35. The highest BCUT2D eigenvalue weighted by molar-refractivity contribution is 6.06. The molecule has 0 spiro atoms. The Bertz CT molecular complexity index is 1120. The van der Waals surface area contributed by atoms with Crippen molar-refractivity contribution in [3.8, 4) is 0 Å².